The molecule has 4 aromatic rings. The number of aromatic nitrogens is 2. The molecule has 2 saturated heterocycles. The van der Waals surface area contributed by atoms with Crippen molar-refractivity contribution in [2.24, 2.45) is 39.6 Å². The van der Waals surface area contributed by atoms with E-state index in [4.69, 9.17) is 23.9 Å². The van der Waals surface area contributed by atoms with Crippen molar-refractivity contribution in [1.29, 1.82) is 0 Å². The Morgan fingerprint density at radius 1 is 0.896 bits per heavy atom. The Morgan fingerprint density at radius 2 is 1.60 bits per heavy atom. The first-order chi connectivity index (χ1) is 36.6. The predicted octanol–water partition coefficient (Wildman–Crippen LogP) is 5.71. The van der Waals surface area contributed by atoms with Gasteiger partial charge in [0.1, 0.15) is 34.0 Å². The van der Waals surface area contributed by atoms with E-state index in [-0.39, 0.29) is 68.0 Å². The summed E-state index contributed by atoms with van der Waals surface area (Å²) in [7, 11) is 1.48. The number of phenols is 2. The van der Waals surface area contributed by atoms with Crippen molar-refractivity contribution in [1.82, 2.24) is 19.4 Å². The van der Waals surface area contributed by atoms with Crippen LogP contribution >= 0.6 is 0 Å². The standard InChI is InChI=1S/C58H75N7O12/c1-30(2)28-64-25-21-58(22-26-64)61-45-42-43-50(69)36(8)53-44(42)54(71)57(9,77-53)75-27-20-40(74-10)33(5)52(76-41(66)29-63-23-18-37(19-24-63)65-39-17-12-11-16-38(39)59-56(65)73)35(7)49(68)34(6)48(67)31(3)14-13-15-32(4)55(72)60-47(51(43)70)46(45)62-58/h11-17,20,27,30-31,33-35,37,40,48-49,52,61,67-70H,18-19,21-26,28-29H2,1-10H3,(H,59,73)/b14-13+,27-20+,32-15-,60-47?/t31-,33+,34+,35+,40-,48-,49+,52+,57-/m0/s1. The fourth-order valence-corrected chi connectivity index (χ4v) is 12.2. The molecule has 2 fully saturated rings. The number of nitrogens with one attached hydrogen (secondary N) is 2. The lowest BCUT2D eigenvalue weighted by atomic mass is 9.78. The average Bonchev–Trinajstić information content (AvgIpc) is 4.24. The van der Waals surface area contributed by atoms with Gasteiger partial charge in [0.15, 0.2) is 5.75 Å². The maximum Gasteiger partial charge on any atom is 0.326 e. The number of para-hydroxylation sites is 2. The van der Waals surface area contributed by atoms with Gasteiger partial charge in [-0.2, -0.15) is 0 Å². The normalized spacial score (nSPS) is 30.1. The summed E-state index contributed by atoms with van der Waals surface area (Å²) in [5, 5.41) is 51.7. The third-order valence-electron chi connectivity index (χ3n) is 16.8. The van der Waals surface area contributed by atoms with Crippen LogP contribution in [0.3, 0.4) is 0 Å². The Balaban J connectivity index is 1.05. The molecule has 1 aromatic heterocycles. The van der Waals surface area contributed by atoms with Gasteiger partial charge >= 0.3 is 17.4 Å². The number of Topliss-reactive ketones (excluding diaryl/α,β-unsaturated/α-hetero) is 1. The number of hydrogen-bond donors (Lipinski definition) is 6. The summed E-state index contributed by atoms with van der Waals surface area (Å²) in [5.74, 6) is -6.96. The summed E-state index contributed by atoms with van der Waals surface area (Å²) >= 11 is 0. The highest BCUT2D eigenvalue weighted by molar-refractivity contribution is 6.21. The topological polar surface area (TPSA) is 250 Å². The number of carbonyl (C=O) groups excluding carboxylic acids is 3. The van der Waals surface area contributed by atoms with Crippen LogP contribution < -0.4 is 26.5 Å². The third kappa shape index (κ3) is 10.4. The van der Waals surface area contributed by atoms with Crippen LogP contribution in [0.4, 0.5) is 5.69 Å². The van der Waals surface area contributed by atoms with Crippen molar-refractivity contribution in [2.45, 2.75) is 130 Å². The minimum absolute atomic E-state index is 0.0382. The zero-order valence-electron chi connectivity index (χ0n) is 45.8. The van der Waals surface area contributed by atoms with E-state index in [1.165, 1.54) is 20.3 Å². The van der Waals surface area contributed by atoms with Crippen LogP contribution in [-0.4, -0.2) is 140 Å². The molecule has 1 amide bonds. The number of fused-ring (bicyclic) bond motifs is 14. The van der Waals surface area contributed by atoms with Gasteiger partial charge in [-0.15, -0.1) is 0 Å². The lowest BCUT2D eigenvalue weighted by Crippen LogP contribution is -2.48. The molecule has 7 heterocycles. The number of carbonyl (C=O) groups is 3. The highest BCUT2D eigenvalue weighted by Crippen LogP contribution is 2.51. The number of amides is 1. The van der Waals surface area contributed by atoms with E-state index in [0.717, 1.165) is 17.6 Å². The first kappa shape index (κ1) is 55.4. The molecule has 6 N–H and O–H groups in total. The fourth-order valence-electron chi connectivity index (χ4n) is 12.2. The SMILES string of the molecule is CO[C@H]1/C=C/O[C@@]2(C)Oc3c(C)c(O)c4c(O)c(c5c(c4c3C2=O)NC2(CCN(CC(C)C)CC2)N=5)=NC(=O)/C(C)=C\C=C\[C@H](C)[C@H](O)[C@@H](C)[C@@H](O)[C@@H](C)[C@H](OC(=O)CN2CCC(n3c(=O)[nH]c4ccccc43)CC2)[C@@H]1C. The molecule has 0 aliphatic carbocycles. The minimum Gasteiger partial charge on any atom is -0.507 e. The number of anilines is 1. The number of aromatic amines is 1. The van der Waals surface area contributed by atoms with Crippen LogP contribution in [-0.2, 0) is 23.8 Å². The maximum atomic E-state index is 15.0. The number of H-pyrrole nitrogens is 1. The Labute approximate surface area is 447 Å². The number of aromatic hydroxyl groups is 2. The number of methoxy groups -OCH3 is 1. The largest absolute Gasteiger partial charge is 0.507 e. The molecule has 77 heavy (non-hydrogen) atoms. The van der Waals surface area contributed by atoms with Gasteiger partial charge in [-0.05, 0) is 50.8 Å². The Morgan fingerprint density at radius 3 is 2.29 bits per heavy atom. The first-order valence-corrected chi connectivity index (χ1v) is 27.1. The number of rotatable bonds is 7. The number of benzene rings is 3. The molecular formula is C58H75N7O12. The number of likely N-dealkylation sites (tertiary alicyclic amines) is 2. The van der Waals surface area contributed by atoms with Crippen LogP contribution in [0, 0.1) is 36.5 Å². The van der Waals surface area contributed by atoms with E-state index < -0.39 is 82.9 Å². The van der Waals surface area contributed by atoms with Crippen molar-refractivity contribution < 1.29 is 53.8 Å². The van der Waals surface area contributed by atoms with Crippen LogP contribution in [0.1, 0.15) is 103 Å². The molecule has 9 atom stereocenters. The summed E-state index contributed by atoms with van der Waals surface area (Å²) in [4.78, 5) is 73.1. The van der Waals surface area contributed by atoms with Crippen molar-refractivity contribution in [3.63, 3.8) is 0 Å². The molecule has 10 rings (SSSR count). The molecule has 19 nitrogen and oxygen atoms in total. The predicted molar refractivity (Wildman–Crippen MR) is 289 cm³/mol. The summed E-state index contributed by atoms with van der Waals surface area (Å²) < 4.78 is 26.8. The molecule has 19 heteroatoms. The summed E-state index contributed by atoms with van der Waals surface area (Å²) in [6.07, 6.45) is 6.03. The Hall–Kier alpha value is -6.38. The number of ether oxygens (including phenoxy) is 4. The second-order valence-corrected chi connectivity index (χ2v) is 22.7. The van der Waals surface area contributed by atoms with Gasteiger partial charge in [0.2, 0.25) is 0 Å². The van der Waals surface area contributed by atoms with Gasteiger partial charge in [0, 0.05) is 106 Å². The smallest absolute Gasteiger partial charge is 0.326 e. The van der Waals surface area contributed by atoms with E-state index in [9.17, 15) is 34.8 Å². The summed E-state index contributed by atoms with van der Waals surface area (Å²) in [6.45, 7) is 19.3. The van der Waals surface area contributed by atoms with Crippen molar-refractivity contribution in [2.75, 3.05) is 51.7 Å². The van der Waals surface area contributed by atoms with E-state index in [1.807, 2.05) is 36.1 Å². The Bertz CT molecular complexity index is 3240. The number of nitrogens with zero attached hydrogens (tertiary/aromatic N) is 5. The van der Waals surface area contributed by atoms with Crippen molar-refractivity contribution >= 4 is 45.2 Å². The number of esters is 1. The molecule has 3 aromatic carbocycles. The second-order valence-electron chi connectivity index (χ2n) is 22.7. The summed E-state index contributed by atoms with van der Waals surface area (Å²) in [6, 6.07) is 7.51. The van der Waals surface area contributed by atoms with E-state index >= 15 is 4.79 Å². The zero-order chi connectivity index (χ0) is 55.4. The van der Waals surface area contributed by atoms with Crippen LogP contribution in [0.15, 0.2) is 75.2 Å². The van der Waals surface area contributed by atoms with Gasteiger partial charge in [-0.3, -0.25) is 28.8 Å². The minimum atomic E-state index is -2.00. The maximum absolute atomic E-state index is 15.0. The molecule has 0 unspecified atom stereocenters. The quantitative estimate of drug-likeness (QED) is 0.0959. The number of phenolic OH excluding ortho intramolecular Hbond substituents is 2. The van der Waals surface area contributed by atoms with Gasteiger partial charge in [0.05, 0.1) is 58.8 Å². The van der Waals surface area contributed by atoms with Gasteiger partial charge in [-0.1, -0.05) is 71.9 Å². The number of aliphatic hydroxyl groups excluding tert-OH is 2. The molecule has 414 valence electrons. The monoisotopic (exact) mass is 1060 g/mol. The number of allylic oxidation sites excluding steroid dienone is 2. The second kappa shape index (κ2) is 21.8. The zero-order valence-corrected chi connectivity index (χ0v) is 45.8. The number of ketones is 1. The molecule has 6 aliphatic rings. The first-order valence-electron chi connectivity index (χ1n) is 27.1. The average molecular weight is 1060 g/mol. The third-order valence-corrected chi connectivity index (χ3v) is 16.8. The summed E-state index contributed by atoms with van der Waals surface area (Å²) in [5.41, 5.74) is 1.23. The molecule has 5 bridgehead atoms. The number of piperidine rings is 2. The lowest BCUT2D eigenvalue weighted by molar-refractivity contribution is -0.164. The van der Waals surface area contributed by atoms with Gasteiger partial charge in [0.25, 0.3) is 11.7 Å². The molecular weight excluding hydrogens is 987 g/mol. The highest BCUT2D eigenvalue weighted by Gasteiger charge is 2.51. The van der Waals surface area contributed by atoms with Gasteiger partial charge < -0.3 is 54.6 Å². The molecule has 0 radical (unpaired) electrons. The van der Waals surface area contributed by atoms with Crippen LogP contribution in [0.5, 0.6) is 17.2 Å². The van der Waals surface area contributed by atoms with E-state index in [2.05, 4.69) is 34.0 Å². The van der Waals surface area contributed by atoms with Gasteiger partial charge in [-0.25, -0.2) is 9.79 Å². The Kier molecular flexibility index (Phi) is 15.7. The van der Waals surface area contributed by atoms with Crippen molar-refractivity contribution in [3.05, 3.63) is 92.7 Å². The van der Waals surface area contributed by atoms with E-state index in [1.54, 1.807) is 63.5 Å². The molecule has 0 saturated carbocycles. The molecule has 6 aliphatic heterocycles. The van der Waals surface area contributed by atoms with Crippen molar-refractivity contribution in [3.8, 4) is 17.2 Å². The fraction of sp³-hybridized carbons (Fsp3) is 0.552. The number of hydrogen-bond acceptors (Lipinski definition) is 16. The number of aliphatic hydroxyl groups is 2. The van der Waals surface area contributed by atoms with Crippen LogP contribution in [0.25, 0.3) is 21.8 Å². The van der Waals surface area contributed by atoms with E-state index in [0.29, 0.717) is 63.5 Å². The lowest BCUT2D eigenvalue weighted by Gasteiger charge is -2.38. The highest BCUT2D eigenvalue weighted by atomic mass is 16.7. The van der Waals surface area contributed by atoms with Crippen LogP contribution in [0.2, 0.25) is 0 Å². The molecule has 1 spiro atoms. The number of imidazole rings is 1.